The van der Waals surface area contributed by atoms with Gasteiger partial charge in [0.25, 0.3) is 5.91 Å². The van der Waals surface area contributed by atoms with Crippen molar-refractivity contribution in [2.24, 2.45) is 0 Å². The molecule has 0 spiro atoms. The van der Waals surface area contributed by atoms with Crippen LogP contribution in [-0.4, -0.2) is 21.8 Å². The lowest BCUT2D eigenvalue weighted by atomic mass is 10.1. The minimum absolute atomic E-state index is 0.101. The van der Waals surface area contributed by atoms with Crippen LogP contribution in [0.1, 0.15) is 34.3 Å². The maximum atomic E-state index is 13.8. The maximum absolute atomic E-state index is 13.8. The normalized spacial score (nSPS) is 14.0. The third-order valence-electron chi connectivity index (χ3n) is 3.69. The van der Waals surface area contributed by atoms with Crippen molar-refractivity contribution >= 4 is 5.91 Å². The first-order valence-electron chi connectivity index (χ1n) is 7.11. The second-order valence-corrected chi connectivity index (χ2v) is 5.51. The number of nitrogens with zero attached hydrogens (tertiary/aromatic N) is 2. The van der Waals surface area contributed by atoms with Crippen molar-refractivity contribution < 1.29 is 9.18 Å². The summed E-state index contributed by atoms with van der Waals surface area (Å²) in [5, 5.41) is 0. The number of rotatable bonds is 4. The van der Waals surface area contributed by atoms with Gasteiger partial charge >= 0.3 is 0 Å². The lowest BCUT2D eigenvalue weighted by Crippen LogP contribution is -2.33. The smallest absolute Gasteiger partial charge is 0.257 e. The van der Waals surface area contributed by atoms with E-state index in [2.05, 4.69) is 11.1 Å². The number of hydrogen-bond donors (Lipinski definition) is 0. The van der Waals surface area contributed by atoms with Gasteiger partial charge in [-0.25, -0.2) is 4.39 Å². The standard InChI is InChI=1S/C17H17FN2O/c1-12-3-2-4-13(9-12)11-20(14-5-6-14)17(21)15-7-8-19-10-16(15)18/h2-4,7-10,14H,5-6,11H2,1H3. The number of carbonyl (C=O) groups is 1. The zero-order valence-electron chi connectivity index (χ0n) is 11.9. The molecule has 1 saturated carbocycles. The van der Waals surface area contributed by atoms with E-state index >= 15 is 0 Å². The van der Waals surface area contributed by atoms with Gasteiger partial charge in [0.15, 0.2) is 5.82 Å². The molecule has 21 heavy (non-hydrogen) atoms. The molecule has 1 aromatic carbocycles. The van der Waals surface area contributed by atoms with E-state index in [1.54, 1.807) is 4.90 Å². The number of amides is 1. The van der Waals surface area contributed by atoms with E-state index in [9.17, 15) is 9.18 Å². The van der Waals surface area contributed by atoms with Gasteiger partial charge < -0.3 is 4.90 Å². The van der Waals surface area contributed by atoms with Gasteiger partial charge in [0.1, 0.15) is 0 Å². The van der Waals surface area contributed by atoms with Crippen molar-refractivity contribution in [1.29, 1.82) is 0 Å². The maximum Gasteiger partial charge on any atom is 0.257 e. The number of pyridine rings is 1. The van der Waals surface area contributed by atoms with Crippen LogP contribution in [-0.2, 0) is 6.54 Å². The van der Waals surface area contributed by atoms with E-state index in [1.165, 1.54) is 12.3 Å². The van der Waals surface area contributed by atoms with E-state index in [0.29, 0.717) is 6.54 Å². The largest absolute Gasteiger partial charge is 0.331 e. The van der Waals surface area contributed by atoms with Crippen LogP contribution in [0.15, 0.2) is 42.7 Å². The van der Waals surface area contributed by atoms with Crippen molar-refractivity contribution in [2.75, 3.05) is 0 Å². The van der Waals surface area contributed by atoms with Crippen LogP contribution in [0.3, 0.4) is 0 Å². The van der Waals surface area contributed by atoms with Gasteiger partial charge in [-0.05, 0) is 31.4 Å². The van der Waals surface area contributed by atoms with E-state index in [4.69, 9.17) is 0 Å². The molecule has 1 aliphatic rings. The highest BCUT2D eigenvalue weighted by Gasteiger charge is 2.34. The van der Waals surface area contributed by atoms with Crippen LogP contribution in [0.5, 0.6) is 0 Å². The summed E-state index contributed by atoms with van der Waals surface area (Å²) in [6.07, 6.45) is 4.52. The topological polar surface area (TPSA) is 33.2 Å². The minimum Gasteiger partial charge on any atom is -0.331 e. The summed E-state index contributed by atoms with van der Waals surface area (Å²) in [4.78, 5) is 18.1. The van der Waals surface area contributed by atoms with Gasteiger partial charge in [-0.15, -0.1) is 0 Å². The van der Waals surface area contributed by atoms with Gasteiger partial charge in [0.05, 0.1) is 11.8 Å². The van der Waals surface area contributed by atoms with Gasteiger partial charge in [0, 0.05) is 18.8 Å². The fourth-order valence-corrected chi connectivity index (χ4v) is 2.46. The van der Waals surface area contributed by atoms with Crippen LogP contribution >= 0.6 is 0 Å². The Bertz CT molecular complexity index is 667. The average Bonchev–Trinajstić information content (AvgIpc) is 3.29. The number of benzene rings is 1. The Morgan fingerprint density at radius 1 is 1.38 bits per heavy atom. The Balaban J connectivity index is 1.85. The summed E-state index contributed by atoms with van der Waals surface area (Å²) in [5.74, 6) is -0.809. The van der Waals surface area contributed by atoms with Crippen LogP contribution < -0.4 is 0 Å². The minimum atomic E-state index is -0.558. The van der Waals surface area contributed by atoms with E-state index in [0.717, 1.165) is 30.2 Å². The van der Waals surface area contributed by atoms with Gasteiger partial charge in [-0.2, -0.15) is 0 Å². The molecule has 1 heterocycles. The summed E-state index contributed by atoms with van der Waals surface area (Å²) in [7, 11) is 0. The Labute approximate surface area is 123 Å². The average molecular weight is 284 g/mol. The molecule has 0 radical (unpaired) electrons. The number of aromatic nitrogens is 1. The van der Waals surface area contributed by atoms with Gasteiger partial charge in [-0.1, -0.05) is 29.8 Å². The molecule has 1 fully saturated rings. The molecule has 0 aliphatic heterocycles. The zero-order valence-corrected chi connectivity index (χ0v) is 11.9. The summed E-state index contributed by atoms with van der Waals surface area (Å²) in [5.41, 5.74) is 2.33. The Hall–Kier alpha value is -2.23. The summed E-state index contributed by atoms with van der Waals surface area (Å²) in [6.45, 7) is 2.54. The number of hydrogen-bond acceptors (Lipinski definition) is 2. The summed E-state index contributed by atoms with van der Waals surface area (Å²) < 4.78 is 13.8. The van der Waals surface area contributed by atoms with Crippen LogP contribution in [0, 0.1) is 12.7 Å². The number of aryl methyl sites for hydroxylation is 1. The monoisotopic (exact) mass is 284 g/mol. The van der Waals surface area contributed by atoms with E-state index < -0.39 is 5.82 Å². The SMILES string of the molecule is Cc1cccc(CN(C(=O)c2ccncc2F)C2CC2)c1. The van der Waals surface area contributed by atoms with Crippen molar-refractivity contribution in [3.8, 4) is 0 Å². The molecule has 4 heteroatoms. The van der Waals surface area contributed by atoms with Crippen molar-refractivity contribution in [2.45, 2.75) is 32.4 Å². The highest BCUT2D eigenvalue weighted by Crippen LogP contribution is 2.30. The molecule has 0 saturated heterocycles. The predicted molar refractivity (Wildman–Crippen MR) is 78.3 cm³/mol. The molecule has 108 valence electrons. The first-order chi connectivity index (χ1) is 10.1. The molecule has 0 bridgehead atoms. The first kappa shape index (κ1) is 13.7. The lowest BCUT2D eigenvalue weighted by molar-refractivity contribution is 0.0725. The lowest BCUT2D eigenvalue weighted by Gasteiger charge is -2.23. The molecule has 0 unspecified atom stereocenters. The molecular formula is C17H17FN2O. The predicted octanol–water partition coefficient (Wildman–Crippen LogP) is 3.33. The number of carbonyl (C=O) groups excluding carboxylic acids is 1. The molecule has 3 nitrogen and oxygen atoms in total. The van der Waals surface area contributed by atoms with Crippen molar-refractivity contribution in [3.05, 3.63) is 65.2 Å². The van der Waals surface area contributed by atoms with Crippen molar-refractivity contribution in [3.63, 3.8) is 0 Å². The molecule has 0 N–H and O–H groups in total. The molecular weight excluding hydrogens is 267 g/mol. The highest BCUT2D eigenvalue weighted by molar-refractivity contribution is 5.94. The first-order valence-corrected chi connectivity index (χ1v) is 7.11. The van der Waals surface area contributed by atoms with E-state index in [-0.39, 0.29) is 17.5 Å². The molecule has 1 aliphatic carbocycles. The third kappa shape index (κ3) is 3.10. The molecule has 2 aromatic rings. The van der Waals surface area contributed by atoms with Crippen molar-refractivity contribution in [1.82, 2.24) is 9.88 Å². The molecule has 1 aromatic heterocycles. The summed E-state index contributed by atoms with van der Waals surface area (Å²) >= 11 is 0. The molecule has 0 atom stereocenters. The Morgan fingerprint density at radius 2 is 2.19 bits per heavy atom. The number of halogens is 1. The van der Waals surface area contributed by atoms with Gasteiger partial charge in [-0.3, -0.25) is 9.78 Å². The Morgan fingerprint density at radius 3 is 2.86 bits per heavy atom. The molecule has 1 amide bonds. The second kappa shape index (κ2) is 5.64. The fraction of sp³-hybridized carbons (Fsp3) is 0.294. The summed E-state index contributed by atoms with van der Waals surface area (Å²) in [6, 6.07) is 9.74. The van der Waals surface area contributed by atoms with Gasteiger partial charge in [0.2, 0.25) is 0 Å². The van der Waals surface area contributed by atoms with E-state index in [1.807, 2.05) is 25.1 Å². The highest BCUT2D eigenvalue weighted by atomic mass is 19.1. The van der Waals surface area contributed by atoms with Crippen LogP contribution in [0.2, 0.25) is 0 Å². The van der Waals surface area contributed by atoms with Crippen LogP contribution in [0.4, 0.5) is 4.39 Å². The zero-order chi connectivity index (χ0) is 14.8. The van der Waals surface area contributed by atoms with Crippen LogP contribution in [0.25, 0.3) is 0 Å². The molecule has 3 rings (SSSR count). The Kier molecular flexibility index (Phi) is 3.69. The second-order valence-electron chi connectivity index (χ2n) is 5.51. The quantitative estimate of drug-likeness (QED) is 0.862. The fourth-order valence-electron chi connectivity index (χ4n) is 2.46. The third-order valence-corrected chi connectivity index (χ3v) is 3.69.